The van der Waals surface area contributed by atoms with E-state index in [2.05, 4.69) is 12.1 Å². The van der Waals surface area contributed by atoms with Crippen LogP contribution in [0.25, 0.3) is 0 Å². The van der Waals surface area contributed by atoms with Crippen LogP contribution in [-0.4, -0.2) is 5.78 Å². The molecule has 2 aromatic rings. The Kier molecular flexibility index (Phi) is 20.6. The van der Waals surface area contributed by atoms with Gasteiger partial charge >= 0.3 is 0 Å². The summed E-state index contributed by atoms with van der Waals surface area (Å²) >= 11 is 0. The summed E-state index contributed by atoms with van der Waals surface area (Å²) < 4.78 is 0. The molecule has 0 aliphatic heterocycles. The standard InChI is InChI=1S/C15H12O.4Y/c1-12-7-9-13(10-8-12)11-15(16)14-5-3-2-4-6-14;;;;/h3-5,7-10H,11H2,1H3;;;;/q-2;;;;. The molecule has 92 valence electrons. The fraction of sp³-hybridized carbons (Fsp3) is 0.133. The molecule has 0 aromatic heterocycles. The number of ketones is 1. The van der Waals surface area contributed by atoms with Crippen LogP contribution in [0.3, 0.4) is 0 Å². The van der Waals surface area contributed by atoms with E-state index in [0.717, 1.165) is 5.56 Å². The van der Waals surface area contributed by atoms with Crippen molar-refractivity contribution in [1.82, 2.24) is 0 Å². The van der Waals surface area contributed by atoms with Gasteiger partial charge in [0.05, 0.1) is 0 Å². The van der Waals surface area contributed by atoms with E-state index in [1.165, 1.54) is 5.56 Å². The van der Waals surface area contributed by atoms with E-state index < -0.39 is 0 Å². The van der Waals surface area contributed by atoms with Crippen LogP contribution < -0.4 is 0 Å². The van der Waals surface area contributed by atoms with Crippen LogP contribution in [0.2, 0.25) is 0 Å². The summed E-state index contributed by atoms with van der Waals surface area (Å²) in [6, 6.07) is 18.9. The largest absolute Gasteiger partial charge is 0.407 e. The van der Waals surface area contributed by atoms with Crippen LogP contribution in [0.15, 0.2) is 42.5 Å². The molecule has 0 saturated carbocycles. The van der Waals surface area contributed by atoms with Gasteiger partial charge in [0.1, 0.15) is 0 Å². The average Bonchev–Trinajstić information content (AvgIpc) is 2.33. The summed E-state index contributed by atoms with van der Waals surface area (Å²) in [5.41, 5.74) is 2.87. The second-order valence-electron chi connectivity index (χ2n) is 3.79. The minimum absolute atomic E-state index is 0. The number of hydrogen-bond donors (Lipinski definition) is 0. The third kappa shape index (κ3) is 9.62. The topological polar surface area (TPSA) is 17.1 Å². The smallest absolute Gasteiger partial charge is 0 e. The van der Waals surface area contributed by atoms with Gasteiger partial charge < -0.3 is 4.79 Å². The Morgan fingerprint density at radius 1 is 1.00 bits per heavy atom. The van der Waals surface area contributed by atoms with E-state index in [9.17, 15) is 4.79 Å². The maximum absolute atomic E-state index is 11.9. The van der Waals surface area contributed by atoms with Gasteiger partial charge in [0.25, 0.3) is 0 Å². The fourth-order valence-corrected chi connectivity index (χ4v) is 1.51. The maximum atomic E-state index is 11.9. The Balaban J connectivity index is -0.000000722. The van der Waals surface area contributed by atoms with Crippen molar-refractivity contribution in [1.29, 1.82) is 0 Å². The van der Waals surface area contributed by atoms with E-state index in [4.69, 9.17) is 0 Å². The second-order valence-corrected chi connectivity index (χ2v) is 3.79. The van der Waals surface area contributed by atoms with Crippen LogP contribution >= 0.6 is 0 Å². The van der Waals surface area contributed by atoms with Gasteiger partial charge in [0, 0.05) is 131 Å². The summed E-state index contributed by atoms with van der Waals surface area (Å²) in [5.74, 6) is 0.0952. The Morgan fingerprint density at radius 3 is 2.10 bits per heavy atom. The Morgan fingerprint density at radius 2 is 1.60 bits per heavy atom. The van der Waals surface area contributed by atoms with Crippen molar-refractivity contribution in [2.75, 3.05) is 0 Å². The zero-order valence-electron chi connectivity index (χ0n) is 11.5. The molecule has 0 amide bonds. The number of hydrogen-bond acceptors (Lipinski definition) is 1. The zero-order valence-corrected chi connectivity index (χ0v) is 22.8. The van der Waals surface area contributed by atoms with Crippen molar-refractivity contribution in [3.8, 4) is 0 Å². The zero-order chi connectivity index (χ0) is 11.4. The van der Waals surface area contributed by atoms with E-state index in [0.29, 0.717) is 12.0 Å². The van der Waals surface area contributed by atoms with Gasteiger partial charge in [0.2, 0.25) is 0 Å². The molecule has 0 bridgehead atoms. The van der Waals surface area contributed by atoms with Gasteiger partial charge in [-0.2, -0.15) is 0 Å². The number of Topliss-reactive ketones (excluding diaryl/α,β-unsaturated/α-hetero) is 1. The molecule has 0 atom stereocenters. The van der Waals surface area contributed by atoms with Crippen LogP contribution in [0.1, 0.15) is 21.5 Å². The molecule has 0 spiro atoms. The van der Waals surface area contributed by atoms with Crippen LogP contribution in [0.4, 0.5) is 0 Å². The van der Waals surface area contributed by atoms with Gasteiger partial charge in [0.15, 0.2) is 0 Å². The first-order valence-electron chi connectivity index (χ1n) is 5.22. The first-order chi connectivity index (χ1) is 7.75. The summed E-state index contributed by atoms with van der Waals surface area (Å²) in [6.45, 7) is 2.03. The Hall–Kier alpha value is 2.53. The van der Waals surface area contributed by atoms with Gasteiger partial charge in [-0.1, -0.05) is 35.4 Å². The molecule has 0 heterocycles. The van der Waals surface area contributed by atoms with Crippen molar-refractivity contribution in [2.45, 2.75) is 13.3 Å². The first kappa shape index (κ1) is 27.4. The van der Waals surface area contributed by atoms with Crippen LogP contribution in [0.5, 0.6) is 0 Å². The molecule has 1 nitrogen and oxygen atoms in total. The Bertz CT molecular complexity index is 483. The number of aryl methyl sites for hydroxylation is 1. The molecular weight excluding hydrogens is 552 g/mol. The van der Waals surface area contributed by atoms with Crippen molar-refractivity contribution >= 4 is 5.78 Å². The molecule has 0 fully saturated rings. The molecule has 5 heteroatoms. The quantitative estimate of drug-likeness (QED) is 0.415. The molecular formula is C15H12OY4-2. The van der Waals surface area contributed by atoms with Gasteiger partial charge in [-0.05, 0) is 19.1 Å². The number of benzene rings is 2. The van der Waals surface area contributed by atoms with E-state index in [1.807, 2.05) is 31.2 Å². The molecule has 0 aliphatic carbocycles. The molecule has 0 N–H and O–H groups in total. The van der Waals surface area contributed by atoms with E-state index in [1.54, 1.807) is 18.2 Å². The fourth-order valence-electron chi connectivity index (χ4n) is 1.51. The van der Waals surface area contributed by atoms with Crippen LogP contribution in [0, 0.1) is 19.1 Å². The molecule has 0 unspecified atom stereocenters. The van der Waals surface area contributed by atoms with Crippen molar-refractivity contribution in [2.24, 2.45) is 0 Å². The normalized spacial score (nSPS) is 8.05. The van der Waals surface area contributed by atoms with Crippen LogP contribution in [-0.2, 0) is 137 Å². The van der Waals surface area contributed by atoms with Gasteiger partial charge in [-0.3, -0.25) is 12.1 Å². The van der Waals surface area contributed by atoms with Gasteiger partial charge in [-0.15, -0.1) is 0 Å². The molecule has 0 saturated heterocycles. The Labute approximate surface area is 221 Å². The molecule has 0 aliphatic rings. The monoisotopic (exact) mass is 564 g/mol. The number of carbonyl (C=O) groups excluding carboxylic acids is 1. The van der Waals surface area contributed by atoms with Gasteiger partial charge in [-0.25, -0.2) is 23.8 Å². The van der Waals surface area contributed by atoms with E-state index >= 15 is 0 Å². The average molecular weight is 564 g/mol. The second kappa shape index (κ2) is 15.1. The summed E-state index contributed by atoms with van der Waals surface area (Å²) in [7, 11) is 0. The third-order valence-corrected chi connectivity index (χ3v) is 2.44. The van der Waals surface area contributed by atoms with E-state index in [-0.39, 0.29) is 137 Å². The third-order valence-electron chi connectivity index (χ3n) is 2.44. The minimum Gasteiger partial charge on any atom is -0.407 e. The first-order valence-corrected chi connectivity index (χ1v) is 5.22. The molecule has 4 radical (unpaired) electrons. The maximum Gasteiger partial charge on any atom is 0 e. The van der Waals surface area contributed by atoms with Crippen molar-refractivity contribution in [3.05, 3.63) is 71.3 Å². The predicted molar refractivity (Wildman–Crippen MR) is 63.3 cm³/mol. The molecule has 2 aromatic carbocycles. The number of carbonyl (C=O) groups is 1. The minimum atomic E-state index is 0. The summed E-state index contributed by atoms with van der Waals surface area (Å²) in [6.07, 6.45) is 0.431. The predicted octanol–water partition coefficient (Wildman–Crippen LogP) is 3.01. The SMILES string of the molecule is Cc1ccc(CC(=O)c2[c-]c[c-]cc2)cc1.[Y].[Y].[Y].[Y]. The summed E-state index contributed by atoms with van der Waals surface area (Å²) in [4.78, 5) is 11.9. The van der Waals surface area contributed by atoms with Crippen molar-refractivity contribution < 1.29 is 136 Å². The molecule has 20 heavy (non-hydrogen) atoms. The molecule has 2 rings (SSSR count). The summed E-state index contributed by atoms with van der Waals surface area (Å²) in [5, 5.41) is 0. The number of rotatable bonds is 3. The van der Waals surface area contributed by atoms with Crippen molar-refractivity contribution in [3.63, 3.8) is 0 Å².